The predicted octanol–water partition coefficient (Wildman–Crippen LogP) is 3.58. The van der Waals surface area contributed by atoms with E-state index in [1.165, 1.54) is 6.07 Å². The molecule has 0 aliphatic heterocycles. The fraction of sp³-hybridized carbons (Fsp3) is 0.250. The van der Waals surface area contributed by atoms with Crippen molar-refractivity contribution < 1.29 is 13.2 Å². The molecule has 0 radical (unpaired) electrons. The van der Waals surface area contributed by atoms with Gasteiger partial charge in [0.2, 0.25) is 0 Å². The van der Waals surface area contributed by atoms with Crippen LogP contribution >= 0.6 is 27.5 Å². The van der Waals surface area contributed by atoms with E-state index in [2.05, 4.69) is 15.9 Å². The highest BCUT2D eigenvalue weighted by molar-refractivity contribution is 9.10. The molecule has 78 valence electrons. The van der Waals surface area contributed by atoms with E-state index in [9.17, 15) is 13.2 Å². The summed E-state index contributed by atoms with van der Waals surface area (Å²) in [6.07, 6.45) is -4.40. The molecule has 0 unspecified atom stereocenters. The van der Waals surface area contributed by atoms with Crippen LogP contribution < -0.4 is 5.73 Å². The van der Waals surface area contributed by atoms with Crippen LogP contribution in [0.1, 0.15) is 11.1 Å². The Morgan fingerprint density at radius 2 is 1.93 bits per heavy atom. The summed E-state index contributed by atoms with van der Waals surface area (Å²) in [4.78, 5) is 0. The van der Waals surface area contributed by atoms with Gasteiger partial charge >= 0.3 is 6.18 Å². The number of hydrogen-bond donors (Lipinski definition) is 1. The van der Waals surface area contributed by atoms with Crippen molar-refractivity contribution in [2.75, 3.05) is 0 Å². The summed E-state index contributed by atoms with van der Waals surface area (Å²) in [7, 11) is 0. The number of halogens is 5. The Kier molecular flexibility index (Phi) is 3.44. The van der Waals surface area contributed by atoms with E-state index >= 15 is 0 Å². The zero-order valence-electron chi connectivity index (χ0n) is 6.83. The molecule has 0 saturated carbocycles. The Morgan fingerprint density at radius 1 is 1.36 bits per heavy atom. The molecule has 0 amide bonds. The van der Waals surface area contributed by atoms with Crippen LogP contribution in [-0.4, -0.2) is 0 Å². The van der Waals surface area contributed by atoms with Gasteiger partial charge < -0.3 is 5.73 Å². The van der Waals surface area contributed by atoms with Crippen molar-refractivity contribution in [2.45, 2.75) is 12.7 Å². The molecule has 0 aromatic heterocycles. The molecular weight excluding hydrogens is 282 g/mol. The van der Waals surface area contributed by atoms with Gasteiger partial charge in [-0.3, -0.25) is 0 Å². The molecule has 0 atom stereocenters. The Morgan fingerprint density at radius 3 is 2.36 bits per heavy atom. The van der Waals surface area contributed by atoms with Crippen LogP contribution in [0, 0.1) is 0 Å². The highest BCUT2D eigenvalue weighted by Crippen LogP contribution is 2.38. The third-order valence-corrected chi connectivity index (χ3v) is 2.96. The second-order valence-corrected chi connectivity index (χ2v) is 3.79. The Hall–Kier alpha value is -0.260. The second-order valence-electron chi connectivity index (χ2n) is 2.59. The van der Waals surface area contributed by atoms with Crippen LogP contribution in [0.3, 0.4) is 0 Å². The van der Waals surface area contributed by atoms with Crippen molar-refractivity contribution >= 4 is 27.5 Å². The van der Waals surface area contributed by atoms with Crippen molar-refractivity contribution in [3.05, 3.63) is 32.8 Å². The average molecular weight is 288 g/mol. The van der Waals surface area contributed by atoms with Crippen LogP contribution in [0.2, 0.25) is 5.02 Å². The van der Waals surface area contributed by atoms with Crippen LogP contribution in [0.5, 0.6) is 0 Å². The molecule has 0 fully saturated rings. The average Bonchev–Trinajstić information content (AvgIpc) is 2.02. The maximum Gasteiger partial charge on any atom is 0.417 e. The Labute approximate surface area is 92.2 Å². The summed E-state index contributed by atoms with van der Waals surface area (Å²) in [5.74, 6) is 0. The molecule has 0 saturated heterocycles. The van der Waals surface area contributed by atoms with Crippen molar-refractivity contribution in [1.29, 1.82) is 0 Å². The summed E-state index contributed by atoms with van der Waals surface area (Å²) in [5.41, 5.74) is 4.79. The largest absolute Gasteiger partial charge is 0.417 e. The first-order valence-electron chi connectivity index (χ1n) is 3.62. The number of benzene rings is 1. The summed E-state index contributed by atoms with van der Waals surface area (Å²) >= 11 is 8.52. The minimum absolute atomic E-state index is 0.0384. The molecule has 2 N–H and O–H groups in total. The smallest absolute Gasteiger partial charge is 0.326 e. The normalized spacial score (nSPS) is 11.9. The maximum absolute atomic E-state index is 12.4. The van der Waals surface area contributed by atoms with Gasteiger partial charge in [0.05, 0.1) is 5.56 Å². The van der Waals surface area contributed by atoms with Gasteiger partial charge in [-0.15, -0.1) is 0 Å². The van der Waals surface area contributed by atoms with E-state index in [1.54, 1.807) is 0 Å². The monoisotopic (exact) mass is 287 g/mol. The molecule has 0 bridgehead atoms. The van der Waals surface area contributed by atoms with Gasteiger partial charge in [-0.25, -0.2) is 0 Å². The first-order chi connectivity index (χ1) is 6.38. The van der Waals surface area contributed by atoms with Gasteiger partial charge in [-0.05, 0) is 33.6 Å². The van der Waals surface area contributed by atoms with Gasteiger partial charge in [0, 0.05) is 16.0 Å². The SMILES string of the molecule is NCc1c(Cl)ccc(C(F)(F)F)c1Br. The molecule has 0 heterocycles. The second kappa shape index (κ2) is 4.08. The zero-order chi connectivity index (χ0) is 10.9. The highest BCUT2D eigenvalue weighted by atomic mass is 79.9. The van der Waals surface area contributed by atoms with E-state index in [0.717, 1.165) is 6.07 Å². The summed E-state index contributed by atoms with van der Waals surface area (Å²) in [6, 6.07) is 2.11. The van der Waals surface area contributed by atoms with E-state index in [0.29, 0.717) is 0 Å². The number of hydrogen-bond acceptors (Lipinski definition) is 1. The Bertz CT molecular complexity index is 351. The predicted molar refractivity (Wildman–Crippen MR) is 52.0 cm³/mol. The first kappa shape index (κ1) is 11.8. The molecule has 14 heavy (non-hydrogen) atoms. The molecule has 1 aromatic carbocycles. The standard InChI is InChI=1S/C8H6BrClF3N/c9-7-4(3-14)6(10)2-1-5(7)8(11,12)13/h1-2H,3,14H2. The molecule has 1 nitrogen and oxygen atoms in total. The molecule has 0 spiro atoms. The summed E-state index contributed by atoms with van der Waals surface area (Å²) in [5, 5.41) is 0.229. The molecule has 0 aliphatic carbocycles. The molecular formula is C8H6BrClF3N. The van der Waals surface area contributed by atoms with Crippen LogP contribution in [0.25, 0.3) is 0 Å². The Balaban J connectivity index is 3.36. The van der Waals surface area contributed by atoms with Gasteiger partial charge in [-0.1, -0.05) is 11.6 Å². The third-order valence-electron chi connectivity index (χ3n) is 1.70. The van der Waals surface area contributed by atoms with Crippen molar-refractivity contribution in [3.8, 4) is 0 Å². The van der Waals surface area contributed by atoms with E-state index in [-0.39, 0.29) is 21.6 Å². The lowest BCUT2D eigenvalue weighted by molar-refractivity contribution is -0.138. The fourth-order valence-corrected chi connectivity index (χ4v) is 2.08. The molecule has 6 heteroatoms. The molecule has 0 aliphatic rings. The van der Waals surface area contributed by atoms with Crippen molar-refractivity contribution in [1.82, 2.24) is 0 Å². The number of nitrogens with two attached hydrogens (primary N) is 1. The van der Waals surface area contributed by atoms with Crippen molar-refractivity contribution in [3.63, 3.8) is 0 Å². The number of rotatable bonds is 1. The minimum atomic E-state index is -4.40. The fourth-order valence-electron chi connectivity index (χ4n) is 1.00. The van der Waals surface area contributed by atoms with Crippen LogP contribution in [0.4, 0.5) is 13.2 Å². The lowest BCUT2D eigenvalue weighted by Gasteiger charge is -2.12. The van der Waals surface area contributed by atoms with Gasteiger partial charge in [-0.2, -0.15) is 13.2 Å². The van der Waals surface area contributed by atoms with Gasteiger partial charge in [0.15, 0.2) is 0 Å². The van der Waals surface area contributed by atoms with E-state index in [1.807, 2.05) is 0 Å². The van der Waals surface area contributed by atoms with Crippen molar-refractivity contribution in [2.24, 2.45) is 5.73 Å². The molecule has 1 rings (SSSR count). The topological polar surface area (TPSA) is 26.0 Å². The third kappa shape index (κ3) is 2.21. The maximum atomic E-state index is 12.4. The van der Waals surface area contributed by atoms with Crippen LogP contribution in [-0.2, 0) is 12.7 Å². The van der Waals surface area contributed by atoms with Gasteiger partial charge in [0.25, 0.3) is 0 Å². The summed E-state index contributed by atoms with van der Waals surface area (Å²) < 4.78 is 37.1. The minimum Gasteiger partial charge on any atom is -0.326 e. The lowest BCUT2D eigenvalue weighted by Crippen LogP contribution is -2.09. The highest BCUT2D eigenvalue weighted by Gasteiger charge is 2.33. The van der Waals surface area contributed by atoms with E-state index in [4.69, 9.17) is 17.3 Å². The van der Waals surface area contributed by atoms with Crippen LogP contribution in [0.15, 0.2) is 16.6 Å². The number of alkyl halides is 3. The lowest BCUT2D eigenvalue weighted by atomic mass is 10.1. The first-order valence-corrected chi connectivity index (χ1v) is 4.79. The van der Waals surface area contributed by atoms with E-state index < -0.39 is 11.7 Å². The quantitative estimate of drug-likeness (QED) is 0.840. The summed E-state index contributed by atoms with van der Waals surface area (Å²) in [6.45, 7) is -0.0384. The van der Waals surface area contributed by atoms with Gasteiger partial charge in [0.1, 0.15) is 0 Å². The zero-order valence-corrected chi connectivity index (χ0v) is 9.17. The molecule has 1 aromatic rings.